The van der Waals surface area contributed by atoms with Crippen LogP contribution in [0.25, 0.3) is 0 Å². The first kappa shape index (κ1) is 13.3. The van der Waals surface area contributed by atoms with E-state index in [0.717, 1.165) is 35.9 Å². The van der Waals surface area contributed by atoms with Crippen LogP contribution in [0.15, 0.2) is 18.2 Å². The van der Waals surface area contributed by atoms with Crippen LogP contribution in [-0.4, -0.2) is 18.0 Å². The summed E-state index contributed by atoms with van der Waals surface area (Å²) in [7, 11) is 0. The maximum Gasteiger partial charge on any atom is 0.0471 e. The van der Waals surface area contributed by atoms with Crippen LogP contribution in [0.4, 0.5) is 5.69 Å². The van der Waals surface area contributed by atoms with Gasteiger partial charge in [0.15, 0.2) is 0 Å². The second-order valence-corrected chi connectivity index (χ2v) is 4.94. The molecule has 0 heterocycles. The molecule has 0 amide bonds. The highest BCUT2D eigenvalue weighted by Gasteiger charge is 2.10. The standard InChI is InChI=1S/C13H21ClN2/c1-4-16(8-10(2)3)9-11-12(14)6-5-7-13(11)15/h5-7,10H,4,8-9,15H2,1-3H3. The lowest BCUT2D eigenvalue weighted by molar-refractivity contribution is 0.249. The number of rotatable bonds is 5. The maximum atomic E-state index is 6.16. The predicted molar refractivity (Wildman–Crippen MR) is 71.7 cm³/mol. The van der Waals surface area contributed by atoms with Gasteiger partial charge in [0.1, 0.15) is 0 Å². The van der Waals surface area contributed by atoms with Crippen molar-refractivity contribution >= 4 is 17.3 Å². The molecule has 0 atom stereocenters. The Morgan fingerprint density at radius 3 is 2.56 bits per heavy atom. The molecule has 0 spiro atoms. The van der Waals surface area contributed by atoms with Gasteiger partial charge in [-0.2, -0.15) is 0 Å². The number of nitrogens with two attached hydrogens (primary N) is 1. The molecule has 0 saturated carbocycles. The minimum absolute atomic E-state index is 0.656. The fourth-order valence-corrected chi connectivity index (χ4v) is 2.03. The van der Waals surface area contributed by atoms with E-state index in [2.05, 4.69) is 25.7 Å². The lowest BCUT2D eigenvalue weighted by atomic mass is 10.1. The SMILES string of the molecule is CCN(Cc1c(N)cccc1Cl)CC(C)C. The summed E-state index contributed by atoms with van der Waals surface area (Å²) in [6, 6.07) is 5.70. The molecule has 0 aromatic heterocycles. The van der Waals surface area contributed by atoms with Gasteiger partial charge in [0.05, 0.1) is 0 Å². The van der Waals surface area contributed by atoms with Gasteiger partial charge in [-0.05, 0) is 24.6 Å². The molecule has 16 heavy (non-hydrogen) atoms. The first-order valence-corrected chi connectivity index (χ1v) is 6.17. The topological polar surface area (TPSA) is 29.3 Å². The second-order valence-electron chi connectivity index (χ2n) is 4.53. The molecule has 3 heteroatoms. The Morgan fingerprint density at radius 1 is 1.38 bits per heavy atom. The predicted octanol–water partition coefficient (Wildman–Crippen LogP) is 3.40. The van der Waals surface area contributed by atoms with Crippen LogP contribution in [-0.2, 0) is 6.54 Å². The van der Waals surface area contributed by atoms with Crippen molar-refractivity contribution in [3.05, 3.63) is 28.8 Å². The number of hydrogen-bond donors (Lipinski definition) is 1. The number of hydrogen-bond acceptors (Lipinski definition) is 2. The van der Waals surface area contributed by atoms with Crippen molar-refractivity contribution in [2.45, 2.75) is 27.3 Å². The Bertz CT molecular complexity index is 316. The molecule has 1 aromatic rings. The van der Waals surface area contributed by atoms with Crippen LogP contribution in [0.3, 0.4) is 0 Å². The molecule has 0 saturated heterocycles. The van der Waals surface area contributed by atoms with E-state index in [0.29, 0.717) is 5.92 Å². The first-order chi connectivity index (χ1) is 7.54. The van der Waals surface area contributed by atoms with E-state index in [1.807, 2.05) is 18.2 Å². The monoisotopic (exact) mass is 240 g/mol. The summed E-state index contributed by atoms with van der Waals surface area (Å²) in [5.41, 5.74) is 7.78. The third-order valence-corrected chi connectivity index (χ3v) is 2.96. The average molecular weight is 241 g/mol. The Kier molecular flexibility index (Phi) is 5.10. The molecular weight excluding hydrogens is 220 g/mol. The second kappa shape index (κ2) is 6.12. The highest BCUT2D eigenvalue weighted by Crippen LogP contribution is 2.23. The molecule has 0 bridgehead atoms. The maximum absolute atomic E-state index is 6.16. The highest BCUT2D eigenvalue weighted by molar-refractivity contribution is 6.31. The molecule has 90 valence electrons. The molecule has 2 N–H and O–H groups in total. The van der Waals surface area contributed by atoms with Crippen LogP contribution in [0, 0.1) is 5.92 Å². The quantitative estimate of drug-likeness (QED) is 0.800. The largest absolute Gasteiger partial charge is 0.398 e. The van der Waals surface area contributed by atoms with Crippen LogP contribution >= 0.6 is 11.6 Å². The molecule has 0 aliphatic carbocycles. The fraction of sp³-hybridized carbons (Fsp3) is 0.538. The highest BCUT2D eigenvalue weighted by atomic mass is 35.5. The van der Waals surface area contributed by atoms with E-state index in [-0.39, 0.29) is 0 Å². The van der Waals surface area contributed by atoms with Gasteiger partial charge in [-0.1, -0.05) is 38.4 Å². The number of nitrogen functional groups attached to an aromatic ring is 1. The zero-order valence-corrected chi connectivity index (χ0v) is 11.1. The van der Waals surface area contributed by atoms with Crippen LogP contribution in [0.2, 0.25) is 5.02 Å². The van der Waals surface area contributed by atoms with Crippen molar-refractivity contribution in [3.63, 3.8) is 0 Å². The zero-order valence-electron chi connectivity index (χ0n) is 10.3. The molecule has 0 radical (unpaired) electrons. The molecule has 0 aliphatic rings. The molecule has 0 fully saturated rings. The normalized spacial score (nSPS) is 11.4. The lowest BCUT2D eigenvalue weighted by Crippen LogP contribution is -2.27. The summed E-state index contributed by atoms with van der Waals surface area (Å²) in [6.07, 6.45) is 0. The summed E-state index contributed by atoms with van der Waals surface area (Å²) < 4.78 is 0. The summed E-state index contributed by atoms with van der Waals surface area (Å²) in [6.45, 7) is 9.52. The first-order valence-electron chi connectivity index (χ1n) is 5.79. The number of halogens is 1. The van der Waals surface area contributed by atoms with Crippen molar-refractivity contribution in [1.82, 2.24) is 4.90 Å². The van der Waals surface area contributed by atoms with E-state index in [4.69, 9.17) is 17.3 Å². The van der Waals surface area contributed by atoms with Gasteiger partial charge >= 0.3 is 0 Å². The van der Waals surface area contributed by atoms with E-state index in [1.54, 1.807) is 0 Å². The fourth-order valence-electron chi connectivity index (χ4n) is 1.79. The van der Waals surface area contributed by atoms with E-state index in [9.17, 15) is 0 Å². The van der Waals surface area contributed by atoms with Crippen LogP contribution < -0.4 is 5.73 Å². The van der Waals surface area contributed by atoms with Gasteiger partial charge in [-0.25, -0.2) is 0 Å². The van der Waals surface area contributed by atoms with Gasteiger partial charge < -0.3 is 5.73 Å². The summed E-state index contributed by atoms with van der Waals surface area (Å²) in [5, 5.41) is 0.766. The third kappa shape index (κ3) is 3.69. The van der Waals surface area contributed by atoms with E-state index in [1.165, 1.54) is 0 Å². The molecule has 0 aliphatic heterocycles. The molecular formula is C13H21ClN2. The van der Waals surface area contributed by atoms with Gasteiger partial charge in [0.25, 0.3) is 0 Å². The average Bonchev–Trinajstić information content (AvgIpc) is 2.21. The van der Waals surface area contributed by atoms with Gasteiger partial charge in [0, 0.05) is 29.4 Å². The molecule has 2 nitrogen and oxygen atoms in total. The minimum atomic E-state index is 0.656. The van der Waals surface area contributed by atoms with Gasteiger partial charge in [-0.15, -0.1) is 0 Å². The lowest BCUT2D eigenvalue weighted by Gasteiger charge is -2.23. The zero-order chi connectivity index (χ0) is 12.1. The van der Waals surface area contributed by atoms with Crippen molar-refractivity contribution in [1.29, 1.82) is 0 Å². The van der Waals surface area contributed by atoms with Crippen LogP contribution in [0.5, 0.6) is 0 Å². The summed E-state index contributed by atoms with van der Waals surface area (Å²) >= 11 is 6.16. The Morgan fingerprint density at radius 2 is 2.06 bits per heavy atom. The van der Waals surface area contributed by atoms with Crippen molar-refractivity contribution < 1.29 is 0 Å². The molecule has 0 unspecified atom stereocenters. The molecule has 1 aromatic carbocycles. The van der Waals surface area contributed by atoms with Gasteiger partial charge in [0.2, 0.25) is 0 Å². The Hall–Kier alpha value is -0.730. The Labute approximate surface area is 103 Å². The van der Waals surface area contributed by atoms with Crippen molar-refractivity contribution in [2.75, 3.05) is 18.8 Å². The van der Waals surface area contributed by atoms with Crippen LogP contribution in [0.1, 0.15) is 26.3 Å². The number of anilines is 1. The Balaban J connectivity index is 2.77. The van der Waals surface area contributed by atoms with Crippen molar-refractivity contribution in [3.8, 4) is 0 Å². The third-order valence-electron chi connectivity index (χ3n) is 2.61. The van der Waals surface area contributed by atoms with Gasteiger partial charge in [-0.3, -0.25) is 4.90 Å². The number of benzene rings is 1. The summed E-state index contributed by atoms with van der Waals surface area (Å²) in [4.78, 5) is 2.36. The van der Waals surface area contributed by atoms with E-state index >= 15 is 0 Å². The number of nitrogens with zero attached hydrogens (tertiary/aromatic N) is 1. The van der Waals surface area contributed by atoms with E-state index < -0.39 is 0 Å². The minimum Gasteiger partial charge on any atom is -0.398 e. The smallest absolute Gasteiger partial charge is 0.0471 e. The molecule has 1 rings (SSSR count). The summed E-state index contributed by atoms with van der Waals surface area (Å²) in [5.74, 6) is 0.656. The van der Waals surface area contributed by atoms with Crippen molar-refractivity contribution in [2.24, 2.45) is 5.92 Å².